The van der Waals surface area contributed by atoms with Crippen LogP contribution in [0.2, 0.25) is 0 Å². The van der Waals surface area contributed by atoms with Crippen molar-refractivity contribution < 1.29 is 13.2 Å². The second kappa shape index (κ2) is 8.26. The minimum Gasteiger partial charge on any atom is -0.373 e. The van der Waals surface area contributed by atoms with Crippen LogP contribution < -0.4 is 15.5 Å². The minimum atomic E-state index is -0.952. The standard InChI is InChI=1S/C24H23F3N8/c1-13-10-34(12-30-13)21-16(26)8-14(9-29-21)31-23-32-20(28-4)18-22(33-23)35(11-24(18,2)3)17-7-5-6-15(25)19(17)27/h5-10,12H,11H2,1-4H3,(H2,28,31,32,33). The highest BCUT2D eigenvalue weighted by molar-refractivity contribution is 5.76. The molecule has 0 unspecified atom stereocenters. The van der Waals surface area contributed by atoms with Crippen LogP contribution in [0.25, 0.3) is 5.82 Å². The van der Waals surface area contributed by atoms with Crippen LogP contribution >= 0.6 is 0 Å². The van der Waals surface area contributed by atoms with Gasteiger partial charge in [0.1, 0.15) is 18.0 Å². The zero-order valence-corrected chi connectivity index (χ0v) is 19.6. The molecule has 4 aromatic rings. The summed E-state index contributed by atoms with van der Waals surface area (Å²) in [4.78, 5) is 19.1. The number of rotatable bonds is 5. The van der Waals surface area contributed by atoms with Crippen molar-refractivity contribution in [2.24, 2.45) is 0 Å². The summed E-state index contributed by atoms with van der Waals surface area (Å²) in [5, 5.41) is 6.04. The van der Waals surface area contributed by atoms with Crippen LogP contribution in [-0.2, 0) is 5.41 Å². The molecule has 0 radical (unpaired) electrons. The average molecular weight is 480 g/mol. The highest BCUT2D eigenvalue weighted by Crippen LogP contribution is 2.47. The maximum Gasteiger partial charge on any atom is 0.231 e. The third-order valence-electron chi connectivity index (χ3n) is 5.87. The molecule has 0 bridgehead atoms. The second-order valence-electron chi connectivity index (χ2n) is 8.96. The molecule has 0 spiro atoms. The van der Waals surface area contributed by atoms with Gasteiger partial charge in [0.2, 0.25) is 5.95 Å². The molecule has 11 heteroatoms. The topological polar surface area (TPSA) is 83.8 Å². The molecular formula is C24H23F3N8. The Kier molecular flexibility index (Phi) is 5.34. The Bertz CT molecular complexity index is 1430. The molecule has 35 heavy (non-hydrogen) atoms. The highest BCUT2D eigenvalue weighted by atomic mass is 19.2. The maximum atomic E-state index is 14.8. The number of nitrogens with zero attached hydrogens (tertiary/aromatic N) is 6. The van der Waals surface area contributed by atoms with Gasteiger partial charge in [-0.3, -0.25) is 4.57 Å². The molecule has 2 N–H and O–H groups in total. The van der Waals surface area contributed by atoms with E-state index in [1.54, 1.807) is 25.1 Å². The normalized spacial score (nSPS) is 14.2. The van der Waals surface area contributed by atoms with E-state index in [4.69, 9.17) is 0 Å². The molecule has 4 heterocycles. The molecule has 1 aliphatic heterocycles. The first kappa shape index (κ1) is 22.6. The van der Waals surface area contributed by atoms with Crippen LogP contribution in [-0.4, -0.2) is 38.1 Å². The van der Waals surface area contributed by atoms with Crippen LogP contribution in [0.3, 0.4) is 0 Å². The quantitative estimate of drug-likeness (QED) is 0.416. The number of nitrogens with one attached hydrogen (secondary N) is 2. The summed E-state index contributed by atoms with van der Waals surface area (Å²) < 4.78 is 45.0. The van der Waals surface area contributed by atoms with Gasteiger partial charge in [0, 0.05) is 36.8 Å². The smallest absolute Gasteiger partial charge is 0.231 e. The van der Waals surface area contributed by atoms with E-state index in [1.807, 2.05) is 13.8 Å². The Balaban J connectivity index is 1.55. The first-order valence-corrected chi connectivity index (χ1v) is 10.9. The molecule has 1 aromatic carbocycles. The van der Waals surface area contributed by atoms with Crippen LogP contribution in [0.1, 0.15) is 25.1 Å². The summed E-state index contributed by atoms with van der Waals surface area (Å²) in [7, 11) is 1.72. The number of aromatic nitrogens is 5. The first-order chi connectivity index (χ1) is 16.7. The number of aryl methyl sites for hydroxylation is 1. The second-order valence-corrected chi connectivity index (χ2v) is 8.96. The Hall–Kier alpha value is -4.15. The lowest BCUT2D eigenvalue weighted by atomic mass is 9.88. The molecule has 0 saturated heterocycles. The van der Waals surface area contributed by atoms with E-state index in [1.165, 1.54) is 35.3 Å². The number of halogens is 3. The Morgan fingerprint density at radius 3 is 2.51 bits per heavy atom. The summed E-state index contributed by atoms with van der Waals surface area (Å²) in [6.45, 7) is 6.13. The van der Waals surface area contributed by atoms with E-state index in [0.717, 1.165) is 17.3 Å². The SMILES string of the molecule is CNc1nc(Nc2cnc(-n3cnc(C)c3)c(F)c2)nc2c1C(C)(C)CN2c1cccc(F)c1F. The Labute approximate surface area is 199 Å². The number of hydrogen-bond donors (Lipinski definition) is 2. The molecule has 0 aliphatic carbocycles. The summed E-state index contributed by atoms with van der Waals surface area (Å²) in [6.07, 6.45) is 4.61. The molecule has 0 amide bonds. The van der Waals surface area contributed by atoms with Crippen LogP contribution in [0, 0.1) is 24.4 Å². The molecular weight excluding hydrogens is 457 g/mol. The van der Waals surface area contributed by atoms with Crippen molar-refractivity contribution in [1.82, 2.24) is 24.5 Å². The van der Waals surface area contributed by atoms with E-state index in [9.17, 15) is 13.2 Å². The molecule has 1 aliphatic rings. The predicted octanol–water partition coefficient (Wildman–Crippen LogP) is 5.00. The minimum absolute atomic E-state index is 0.0798. The van der Waals surface area contributed by atoms with Crippen molar-refractivity contribution in [2.45, 2.75) is 26.2 Å². The number of imidazole rings is 1. The van der Waals surface area contributed by atoms with E-state index >= 15 is 0 Å². The van der Waals surface area contributed by atoms with Gasteiger partial charge < -0.3 is 15.5 Å². The van der Waals surface area contributed by atoms with Crippen LogP contribution in [0.15, 0.2) is 43.0 Å². The number of hydrogen-bond acceptors (Lipinski definition) is 7. The van der Waals surface area contributed by atoms with Gasteiger partial charge in [-0.25, -0.2) is 23.1 Å². The van der Waals surface area contributed by atoms with Gasteiger partial charge >= 0.3 is 0 Å². The Morgan fingerprint density at radius 1 is 1.03 bits per heavy atom. The monoisotopic (exact) mass is 480 g/mol. The number of anilines is 5. The third kappa shape index (κ3) is 3.92. The fourth-order valence-electron chi connectivity index (χ4n) is 4.31. The molecule has 8 nitrogen and oxygen atoms in total. The Morgan fingerprint density at radius 2 is 1.83 bits per heavy atom. The van der Waals surface area contributed by atoms with Crippen LogP contribution in [0.4, 0.5) is 42.1 Å². The highest BCUT2D eigenvalue weighted by Gasteiger charge is 2.41. The molecule has 0 fully saturated rings. The number of benzene rings is 1. The number of fused-ring (bicyclic) bond motifs is 1. The molecule has 180 valence electrons. The summed E-state index contributed by atoms with van der Waals surface area (Å²) in [5.41, 5.74) is 1.46. The van der Waals surface area contributed by atoms with E-state index < -0.39 is 22.9 Å². The van der Waals surface area contributed by atoms with Gasteiger partial charge in [-0.05, 0) is 19.1 Å². The van der Waals surface area contributed by atoms with Gasteiger partial charge in [0.05, 0.1) is 23.3 Å². The van der Waals surface area contributed by atoms with Crippen molar-refractivity contribution in [3.63, 3.8) is 0 Å². The van der Waals surface area contributed by atoms with Gasteiger partial charge in [-0.1, -0.05) is 19.9 Å². The third-order valence-corrected chi connectivity index (χ3v) is 5.87. The van der Waals surface area contributed by atoms with Crippen molar-refractivity contribution in [3.8, 4) is 5.82 Å². The molecule has 0 atom stereocenters. The predicted molar refractivity (Wildman–Crippen MR) is 127 cm³/mol. The zero-order valence-electron chi connectivity index (χ0n) is 19.6. The lowest BCUT2D eigenvalue weighted by molar-refractivity contribution is 0.505. The summed E-state index contributed by atoms with van der Waals surface area (Å²) in [5.74, 6) is -1.24. The molecule has 5 rings (SSSR count). The van der Waals surface area contributed by atoms with Crippen molar-refractivity contribution in [3.05, 3.63) is 71.7 Å². The zero-order chi connectivity index (χ0) is 24.9. The molecule has 0 saturated carbocycles. The average Bonchev–Trinajstić information content (AvgIpc) is 3.35. The largest absolute Gasteiger partial charge is 0.373 e. The van der Waals surface area contributed by atoms with Crippen molar-refractivity contribution >= 4 is 29.0 Å². The van der Waals surface area contributed by atoms with Gasteiger partial charge in [-0.2, -0.15) is 9.97 Å². The first-order valence-electron chi connectivity index (χ1n) is 10.9. The maximum absolute atomic E-state index is 14.8. The fraction of sp³-hybridized carbons (Fsp3) is 0.250. The van der Waals surface area contributed by atoms with E-state index in [0.29, 0.717) is 23.9 Å². The van der Waals surface area contributed by atoms with Gasteiger partial charge in [-0.15, -0.1) is 0 Å². The lowest BCUT2D eigenvalue weighted by Gasteiger charge is -2.22. The van der Waals surface area contributed by atoms with E-state index in [-0.39, 0.29) is 17.5 Å². The fourth-order valence-corrected chi connectivity index (χ4v) is 4.31. The molecule has 3 aromatic heterocycles. The van der Waals surface area contributed by atoms with Gasteiger partial charge in [0.15, 0.2) is 23.3 Å². The summed E-state index contributed by atoms with van der Waals surface area (Å²) in [6, 6.07) is 5.31. The van der Waals surface area contributed by atoms with Crippen molar-refractivity contribution in [2.75, 3.05) is 29.1 Å². The van der Waals surface area contributed by atoms with Crippen LogP contribution in [0.5, 0.6) is 0 Å². The lowest BCUT2D eigenvalue weighted by Crippen LogP contribution is -2.26. The van der Waals surface area contributed by atoms with Gasteiger partial charge in [0.25, 0.3) is 0 Å². The van der Waals surface area contributed by atoms with E-state index in [2.05, 4.69) is 30.6 Å². The summed E-state index contributed by atoms with van der Waals surface area (Å²) >= 11 is 0. The van der Waals surface area contributed by atoms with Crippen molar-refractivity contribution in [1.29, 1.82) is 0 Å². The number of pyridine rings is 1.